The van der Waals surface area contributed by atoms with Crippen LogP contribution in [0, 0.1) is 5.82 Å². The number of fused-ring (bicyclic) bond motifs is 1. The molecule has 5 nitrogen and oxygen atoms in total. The van der Waals surface area contributed by atoms with E-state index in [2.05, 4.69) is 15.3 Å². The van der Waals surface area contributed by atoms with Crippen LogP contribution in [0.4, 0.5) is 10.1 Å². The lowest BCUT2D eigenvalue weighted by Gasteiger charge is -2.04. The molecule has 0 aliphatic rings. The van der Waals surface area contributed by atoms with Crippen molar-refractivity contribution >= 4 is 22.6 Å². The molecule has 4 rings (SSSR count). The molecule has 1 N–H and O–H groups in total. The SMILES string of the molecule is O=C(Nc1ccncc1)c1cn(Cc2ccc(F)cc2)c2ncccc12. The van der Waals surface area contributed by atoms with Gasteiger partial charge in [0.05, 0.1) is 5.56 Å². The number of hydrogen-bond donors (Lipinski definition) is 1. The van der Waals surface area contributed by atoms with E-state index in [0.29, 0.717) is 23.4 Å². The molecule has 0 unspecified atom stereocenters. The van der Waals surface area contributed by atoms with E-state index in [9.17, 15) is 9.18 Å². The fourth-order valence-electron chi connectivity index (χ4n) is 2.84. The van der Waals surface area contributed by atoms with E-state index in [4.69, 9.17) is 0 Å². The van der Waals surface area contributed by atoms with Crippen LogP contribution in [-0.2, 0) is 6.54 Å². The second-order valence-electron chi connectivity index (χ2n) is 5.86. The molecular weight excluding hydrogens is 331 g/mol. The van der Waals surface area contributed by atoms with Gasteiger partial charge >= 0.3 is 0 Å². The molecule has 0 saturated heterocycles. The molecule has 1 aromatic carbocycles. The Bertz CT molecular complexity index is 1060. The van der Waals surface area contributed by atoms with Crippen LogP contribution in [-0.4, -0.2) is 20.4 Å². The molecule has 0 spiro atoms. The number of nitrogens with zero attached hydrogens (tertiary/aromatic N) is 3. The lowest BCUT2D eigenvalue weighted by atomic mass is 10.2. The van der Waals surface area contributed by atoms with Crippen molar-refractivity contribution in [1.82, 2.24) is 14.5 Å². The summed E-state index contributed by atoms with van der Waals surface area (Å²) in [5, 5.41) is 3.63. The van der Waals surface area contributed by atoms with Crippen molar-refractivity contribution in [2.75, 3.05) is 5.32 Å². The van der Waals surface area contributed by atoms with Crippen LogP contribution in [0.1, 0.15) is 15.9 Å². The fourth-order valence-corrected chi connectivity index (χ4v) is 2.84. The summed E-state index contributed by atoms with van der Waals surface area (Å²) in [5.41, 5.74) is 2.84. The summed E-state index contributed by atoms with van der Waals surface area (Å²) < 4.78 is 15.0. The molecule has 0 fully saturated rings. The first-order chi connectivity index (χ1) is 12.7. The minimum Gasteiger partial charge on any atom is -0.327 e. The summed E-state index contributed by atoms with van der Waals surface area (Å²) in [7, 11) is 0. The Labute approximate surface area is 149 Å². The lowest BCUT2D eigenvalue weighted by molar-refractivity contribution is 0.102. The molecule has 0 aliphatic heterocycles. The minimum absolute atomic E-state index is 0.216. The number of nitrogens with one attached hydrogen (secondary N) is 1. The number of halogens is 1. The van der Waals surface area contributed by atoms with Crippen molar-refractivity contribution in [1.29, 1.82) is 0 Å². The van der Waals surface area contributed by atoms with E-state index in [1.807, 2.05) is 10.6 Å². The highest BCUT2D eigenvalue weighted by Crippen LogP contribution is 2.22. The Balaban J connectivity index is 1.69. The third-order valence-electron chi connectivity index (χ3n) is 4.08. The minimum atomic E-state index is -0.276. The number of pyridine rings is 2. The van der Waals surface area contributed by atoms with Gasteiger partial charge in [-0.05, 0) is 42.0 Å². The number of aromatic nitrogens is 3. The maximum atomic E-state index is 13.1. The van der Waals surface area contributed by atoms with Gasteiger partial charge in [-0.25, -0.2) is 9.37 Å². The normalized spacial score (nSPS) is 10.8. The van der Waals surface area contributed by atoms with E-state index in [-0.39, 0.29) is 11.7 Å². The molecule has 3 heterocycles. The van der Waals surface area contributed by atoms with Crippen molar-refractivity contribution in [3.63, 3.8) is 0 Å². The van der Waals surface area contributed by atoms with Gasteiger partial charge in [-0.1, -0.05) is 12.1 Å². The van der Waals surface area contributed by atoms with Gasteiger partial charge in [0.1, 0.15) is 11.5 Å². The van der Waals surface area contributed by atoms with Crippen LogP contribution >= 0.6 is 0 Å². The van der Waals surface area contributed by atoms with Crippen LogP contribution in [0.5, 0.6) is 0 Å². The maximum Gasteiger partial charge on any atom is 0.257 e. The van der Waals surface area contributed by atoms with E-state index in [1.165, 1.54) is 12.1 Å². The molecule has 26 heavy (non-hydrogen) atoms. The van der Waals surface area contributed by atoms with Gasteiger partial charge < -0.3 is 9.88 Å². The third-order valence-corrected chi connectivity index (χ3v) is 4.08. The summed E-state index contributed by atoms with van der Waals surface area (Å²) in [5.74, 6) is -0.492. The molecule has 0 saturated carbocycles. The highest BCUT2D eigenvalue weighted by molar-refractivity contribution is 6.12. The molecule has 3 aromatic heterocycles. The average Bonchev–Trinajstić information content (AvgIpc) is 3.03. The largest absolute Gasteiger partial charge is 0.327 e. The summed E-state index contributed by atoms with van der Waals surface area (Å²) in [6, 6.07) is 13.4. The van der Waals surface area contributed by atoms with E-state index >= 15 is 0 Å². The number of rotatable bonds is 4. The Hall–Kier alpha value is -3.54. The quantitative estimate of drug-likeness (QED) is 0.610. The Kier molecular flexibility index (Phi) is 4.15. The number of amides is 1. The lowest BCUT2D eigenvalue weighted by Crippen LogP contribution is -2.11. The zero-order chi connectivity index (χ0) is 17.9. The molecule has 6 heteroatoms. The Morgan fingerprint density at radius 1 is 1.04 bits per heavy atom. The van der Waals surface area contributed by atoms with Gasteiger partial charge in [-0.3, -0.25) is 9.78 Å². The number of anilines is 1. The number of carbonyl (C=O) groups excluding carboxylic acids is 1. The number of carbonyl (C=O) groups is 1. The second kappa shape index (κ2) is 6.76. The molecule has 4 aromatic rings. The van der Waals surface area contributed by atoms with Crippen molar-refractivity contribution in [2.24, 2.45) is 0 Å². The van der Waals surface area contributed by atoms with Crippen molar-refractivity contribution in [3.8, 4) is 0 Å². The summed E-state index contributed by atoms with van der Waals surface area (Å²) in [6.07, 6.45) is 6.70. The van der Waals surface area contributed by atoms with Crippen molar-refractivity contribution in [2.45, 2.75) is 6.54 Å². The summed E-state index contributed by atoms with van der Waals surface area (Å²) in [4.78, 5) is 21.1. The highest BCUT2D eigenvalue weighted by Gasteiger charge is 2.16. The van der Waals surface area contributed by atoms with Crippen molar-refractivity contribution in [3.05, 3.63) is 90.3 Å². The van der Waals surface area contributed by atoms with E-state index in [0.717, 1.165) is 10.9 Å². The number of benzene rings is 1. The standard InChI is InChI=1S/C20H15FN4O/c21-15-5-3-14(4-6-15)12-25-13-18(17-2-1-9-23-19(17)25)20(26)24-16-7-10-22-11-8-16/h1-11,13H,12H2,(H,22,24,26). The predicted octanol–water partition coefficient (Wildman–Crippen LogP) is 3.87. The molecule has 0 bridgehead atoms. The zero-order valence-electron chi connectivity index (χ0n) is 13.8. The maximum absolute atomic E-state index is 13.1. The Morgan fingerprint density at radius 2 is 1.81 bits per heavy atom. The predicted molar refractivity (Wildman–Crippen MR) is 97.4 cm³/mol. The fraction of sp³-hybridized carbons (Fsp3) is 0.0500. The zero-order valence-corrected chi connectivity index (χ0v) is 13.8. The van der Waals surface area contributed by atoms with Crippen LogP contribution in [0.15, 0.2) is 73.3 Å². The first-order valence-electron chi connectivity index (χ1n) is 8.10. The van der Waals surface area contributed by atoms with Crippen molar-refractivity contribution < 1.29 is 9.18 Å². The first-order valence-corrected chi connectivity index (χ1v) is 8.10. The van der Waals surface area contributed by atoms with Crippen LogP contribution in [0.2, 0.25) is 0 Å². The van der Waals surface area contributed by atoms with Crippen LogP contribution in [0.25, 0.3) is 11.0 Å². The smallest absolute Gasteiger partial charge is 0.257 e. The van der Waals surface area contributed by atoms with Crippen LogP contribution in [0.3, 0.4) is 0 Å². The summed E-state index contributed by atoms with van der Waals surface area (Å²) in [6.45, 7) is 0.496. The molecule has 0 atom stereocenters. The molecule has 1 amide bonds. The molecule has 0 aliphatic carbocycles. The topological polar surface area (TPSA) is 59.8 Å². The highest BCUT2D eigenvalue weighted by atomic mass is 19.1. The molecular formula is C20H15FN4O. The summed E-state index contributed by atoms with van der Waals surface area (Å²) >= 11 is 0. The average molecular weight is 346 g/mol. The first kappa shape index (κ1) is 16.0. The van der Waals surface area contributed by atoms with Gasteiger partial charge in [0.2, 0.25) is 0 Å². The monoisotopic (exact) mass is 346 g/mol. The number of hydrogen-bond acceptors (Lipinski definition) is 3. The molecule has 128 valence electrons. The third kappa shape index (κ3) is 3.17. The van der Waals surface area contributed by atoms with Gasteiger partial charge in [-0.15, -0.1) is 0 Å². The van der Waals surface area contributed by atoms with Crippen LogP contribution < -0.4 is 5.32 Å². The Morgan fingerprint density at radius 3 is 2.58 bits per heavy atom. The van der Waals surface area contributed by atoms with Gasteiger partial charge in [0.15, 0.2) is 0 Å². The van der Waals surface area contributed by atoms with Gasteiger partial charge in [0, 0.05) is 42.4 Å². The van der Waals surface area contributed by atoms with E-state index < -0.39 is 0 Å². The van der Waals surface area contributed by atoms with Gasteiger partial charge in [-0.2, -0.15) is 0 Å². The second-order valence-corrected chi connectivity index (χ2v) is 5.86. The van der Waals surface area contributed by atoms with E-state index in [1.54, 1.807) is 55.1 Å². The van der Waals surface area contributed by atoms with Gasteiger partial charge in [0.25, 0.3) is 5.91 Å². The molecule has 0 radical (unpaired) electrons.